The summed E-state index contributed by atoms with van der Waals surface area (Å²) < 4.78 is 51.3. The number of imide groups is 1. The van der Waals surface area contributed by atoms with Gasteiger partial charge in [-0.2, -0.15) is 0 Å². The zero-order chi connectivity index (χ0) is 38.3. The van der Waals surface area contributed by atoms with E-state index >= 15 is 0 Å². The standard InChI is InChI=1S/C36H53N2O12P/c1-34(2,3)48-30(39)21-16-22-37(31(40)44-25-28-17-12-10-13-18-28)23-24-38(32(41)45-26-29-19-14-11-15-20-29)33(42)46-27-47-51(43,49-35(4,5)6)50-36(7,8)9/h10-15,17-20H,16,21-27H2,1-9H3. The molecule has 0 unspecified atom stereocenters. The number of phosphoric ester groups is 1. The summed E-state index contributed by atoms with van der Waals surface area (Å²) >= 11 is 0. The lowest BCUT2D eigenvalue weighted by atomic mass is 10.2. The van der Waals surface area contributed by atoms with Crippen LogP contribution in [0.5, 0.6) is 0 Å². The second kappa shape index (κ2) is 19.6. The highest BCUT2D eigenvalue weighted by Crippen LogP contribution is 2.55. The summed E-state index contributed by atoms with van der Waals surface area (Å²) in [5, 5.41) is 0. The van der Waals surface area contributed by atoms with Crippen molar-refractivity contribution in [3.8, 4) is 0 Å². The highest BCUT2D eigenvalue weighted by atomic mass is 31.2. The van der Waals surface area contributed by atoms with Crippen LogP contribution in [-0.2, 0) is 55.1 Å². The summed E-state index contributed by atoms with van der Waals surface area (Å²) in [6.07, 6.45) is -2.80. The summed E-state index contributed by atoms with van der Waals surface area (Å²) in [6, 6.07) is 17.8. The number of esters is 1. The topological polar surface area (TPSA) is 156 Å². The third-order valence-electron chi connectivity index (χ3n) is 6.10. The summed E-state index contributed by atoms with van der Waals surface area (Å²) in [6.45, 7) is 13.5. The molecule has 51 heavy (non-hydrogen) atoms. The number of carbonyl (C=O) groups excluding carboxylic acids is 4. The number of hydrogen-bond donors (Lipinski definition) is 0. The molecule has 0 aliphatic rings. The molecule has 0 radical (unpaired) electrons. The molecule has 0 fully saturated rings. The van der Waals surface area contributed by atoms with Crippen molar-refractivity contribution in [2.45, 2.75) is 105 Å². The van der Waals surface area contributed by atoms with Crippen LogP contribution < -0.4 is 0 Å². The lowest BCUT2D eigenvalue weighted by Gasteiger charge is -2.30. The van der Waals surface area contributed by atoms with Crippen molar-refractivity contribution in [3.05, 3.63) is 71.8 Å². The van der Waals surface area contributed by atoms with Crippen LogP contribution in [0.15, 0.2) is 60.7 Å². The second-order valence-electron chi connectivity index (χ2n) is 14.4. The van der Waals surface area contributed by atoms with E-state index < -0.39 is 62.2 Å². The molecule has 15 heteroatoms. The molecular weight excluding hydrogens is 683 g/mol. The number of ether oxygens (including phenoxy) is 4. The van der Waals surface area contributed by atoms with Gasteiger partial charge in [0.1, 0.15) is 18.8 Å². The Bertz CT molecular complexity index is 1430. The van der Waals surface area contributed by atoms with E-state index in [0.717, 1.165) is 5.56 Å². The van der Waals surface area contributed by atoms with E-state index in [1.54, 1.807) is 117 Å². The first-order valence-corrected chi connectivity index (χ1v) is 18.1. The summed E-state index contributed by atoms with van der Waals surface area (Å²) in [7, 11) is -4.26. The first kappa shape index (κ1) is 43.2. The van der Waals surface area contributed by atoms with Crippen molar-refractivity contribution in [2.75, 3.05) is 26.4 Å². The fourth-order valence-electron chi connectivity index (χ4n) is 4.15. The van der Waals surface area contributed by atoms with Crippen molar-refractivity contribution in [3.63, 3.8) is 0 Å². The molecule has 14 nitrogen and oxygen atoms in total. The Morgan fingerprint density at radius 2 is 1.08 bits per heavy atom. The summed E-state index contributed by atoms with van der Waals surface area (Å²) in [5.74, 6) is -0.446. The van der Waals surface area contributed by atoms with E-state index in [2.05, 4.69) is 0 Å². The molecule has 0 heterocycles. The first-order chi connectivity index (χ1) is 23.6. The van der Waals surface area contributed by atoms with Crippen molar-refractivity contribution < 1.29 is 56.3 Å². The molecule has 2 aromatic rings. The molecule has 3 amide bonds. The third kappa shape index (κ3) is 18.7. The molecule has 0 aliphatic carbocycles. The molecule has 0 saturated heterocycles. The highest BCUT2D eigenvalue weighted by molar-refractivity contribution is 7.48. The molecule has 284 valence electrons. The number of amides is 3. The Hall–Kier alpha value is -3.97. The SMILES string of the molecule is CC(C)(C)OC(=O)CCCN(CCN(C(=O)OCOP(=O)(OC(C)(C)C)OC(C)(C)C)C(=O)OCc1ccccc1)C(=O)OCc1ccccc1. The van der Waals surface area contributed by atoms with Gasteiger partial charge < -0.3 is 23.8 Å². The minimum atomic E-state index is -4.26. The van der Waals surface area contributed by atoms with E-state index in [9.17, 15) is 23.7 Å². The number of rotatable bonds is 16. The smallest absolute Gasteiger partial charge is 0.460 e. The van der Waals surface area contributed by atoms with Crippen molar-refractivity contribution in [2.24, 2.45) is 0 Å². The van der Waals surface area contributed by atoms with Crippen molar-refractivity contribution >= 4 is 32.1 Å². The lowest BCUT2D eigenvalue weighted by molar-refractivity contribution is -0.155. The number of benzene rings is 2. The zero-order valence-electron chi connectivity index (χ0n) is 31.2. The minimum Gasteiger partial charge on any atom is -0.460 e. The molecule has 0 atom stereocenters. The molecule has 0 N–H and O–H groups in total. The third-order valence-corrected chi connectivity index (χ3v) is 8.06. The van der Waals surface area contributed by atoms with E-state index in [1.807, 2.05) is 6.07 Å². The Kier molecular flexibility index (Phi) is 16.6. The highest BCUT2D eigenvalue weighted by Gasteiger charge is 2.38. The van der Waals surface area contributed by atoms with E-state index in [4.69, 9.17) is 32.5 Å². The molecule has 0 aromatic heterocycles. The van der Waals surface area contributed by atoms with Gasteiger partial charge in [0, 0.05) is 19.5 Å². The average molecular weight is 737 g/mol. The fourth-order valence-corrected chi connectivity index (χ4v) is 5.81. The van der Waals surface area contributed by atoms with Gasteiger partial charge in [-0.05, 0) is 79.9 Å². The van der Waals surface area contributed by atoms with Gasteiger partial charge in [-0.3, -0.25) is 13.8 Å². The second-order valence-corrected chi connectivity index (χ2v) is 15.9. The number of phosphoric acid groups is 1. The zero-order valence-corrected chi connectivity index (χ0v) is 32.1. The maximum atomic E-state index is 13.4. The Morgan fingerprint density at radius 1 is 0.608 bits per heavy atom. The molecule has 2 aromatic carbocycles. The number of hydrogen-bond acceptors (Lipinski definition) is 12. The van der Waals surface area contributed by atoms with Crippen LogP contribution in [0.3, 0.4) is 0 Å². The van der Waals surface area contributed by atoms with E-state index in [0.29, 0.717) is 10.5 Å². The number of nitrogens with zero attached hydrogens (tertiary/aromatic N) is 2. The molecular formula is C36H53N2O12P. The first-order valence-electron chi connectivity index (χ1n) is 16.6. The number of carbonyl (C=O) groups is 4. The molecule has 0 spiro atoms. The lowest BCUT2D eigenvalue weighted by Crippen LogP contribution is -2.45. The Labute approximate surface area is 301 Å². The van der Waals surface area contributed by atoms with Crippen LogP contribution in [-0.4, -0.2) is 77.3 Å². The van der Waals surface area contributed by atoms with Crippen LogP contribution in [0.2, 0.25) is 0 Å². The predicted molar refractivity (Wildman–Crippen MR) is 188 cm³/mol. The van der Waals surface area contributed by atoms with Gasteiger partial charge in [-0.25, -0.2) is 28.4 Å². The predicted octanol–water partition coefficient (Wildman–Crippen LogP) is 8.23. The van der Waals surface area contributed by atoms with Crippen LogP contribution in [0.4, 0.5) is 14.4 Å². The van der Waals surface area contributed by atoms with Gasteiger partial charge in [0.25, 0.3) is 0 Å². The molecule has 0 aliphatic heterocycles. The fraction of sp³-hybridized carbons (Fsp3) is 0.556. The van der Waals surface area contributed by atoms with E-state index in [1.165, 1.54) is 4.90 Å². The van der Waals surface area contributed by atoms with Gasteiger partial charge in [0.05, 0.1) is 17.7 Å². The van der Waals surface area contributed by atoms with Gasteiger partial charge in [-0.15, -0.1) is 0 Å². The quantitative estimate of drug-likeness (QED) is 0.0705. The van der Waals surface area contributed by atoms with Gasteiger partial charge in [-0.1, -0.05) is 60.7 Å². The van der Waals surface area contributed by atoms with Gasteiger partial charge >= 0.3 is 32.1 Å². The maximum Gasteiger partial charge on any atom is 0.478 e. The van der Waals surface area contributed by atoms with E-state index in [-0.39, 0.29) is 39.1 Å². The molecule has 0 saturated carbocycles. The summed E-state index contributed by atoms with van der Waals surface area (Å²) in [5.41, 5.74) is -1.16. The van der Waals surface area contributed by atoms with Gasteiger partial charge in [0.15, 0.2) is 0 Å². The van der Waals surface area contributed by atoms with Crippen molar-refractivity contribution in [1.82, 2.24) is 9.80 Å². The van der Waals surface area contributed by atoms with Crippen molar-refractivity contribution in [1.29, 1.82) is 0 Å². The van der Waals surface area contributed by atoms with Crippen LogP contribution in [0, 0.1) is 0 Å². The van der Waals surface area contributed by atoms with Crippen LogP contribution >= 0.6 is 7.82 Å². The normalized spacial score (nSPS) is 12.1. The largest absolute Gasteiger partial charge is 0.478 e. The summed E-state index contributed by atoms with van der Waals surface area (Å²) in [4.78, 5) is 54.1. The monoisotopic (exact) mass is 736 g/mol. The van der Waals surface area contributed by atoms with Crippen LogP contribution in [0.1, 0.15) is 86.3 Å². The molecule has 2 rings (SSSR count). The maximum absolute atomic E-state index is 13.4. The Balaban J connectivity index is 2.22. The van der Waals surface area contributed by atoms with Gasteiger partial charge in [0.2, 0.25) is 6.79 Å². The minimum absolute atomic E-state index is 0.00920. The average Bonchev–Trinajstić information content (AvgIpc) is 3.00. The van der Waals surface area contributed by atoms with Crippen LogP contribution in [0.25, 0.3) is 0 Å². The molecule has 0 bridgehead atoms. The Morgan fingerprint density at radius 3 is 1.55 bits per heavy atom.